The van der Waals surface area contributed by atoms with Crippen molar-refractivity contribution in [2.45, 2.75) is 12.8 Å². The molecule has 0 radical (unpaired) electrons. The van der Waals surface area contributed by atoms with E-state index in [0.29, 0.717) is 0 Å². The first-order valence-corrected chi connectivity index (χ1v) is 3.53. The quantitative estimate of drug-likeness (QED) is 0.424. The fourth-order valence-corrected chi connectivity index (χ4v) is 0.729. The number of nitrogens with zero attached hydrogens (tertiary/aromatic N) is 1. The van der Waals surface area contributed by atoms with Gasteiger partial charge >= 0.3 is 0 Å². The monoisotopic (exact) mass is 245 g/mol. The van der Waals surface area contributed by atoms with Gasteiger partial charge in [-0.05, 0) is 0 Å². The van der Waals surface area contributed by atoms with E-state index in [1.165, 1.54) is 0 Å². The second-order valence-electron chi connectivity index (χ2n) is 1.78. The SMILES string of the molecule is COC(C)(OC)N(C)I. The van der Waals surface area contributed by atoms with Crippen molar-refractivity contribution >= 4 is 22.9 Å². The van der Waals surface area contributed by atoms with E-state index in [9.17, 15) is 0 Å². The molecule has 0 aromatic heterocycles. The van der Waals surface area contributed by atoms with Crippen molar-refractivity contribution in [3.05, 3.63) is 0 Å². The van der Waals surface area contributed by atoms with Crippen molar-refractivity contribution < 1.29 is 9.47 Å². The lowest BCUT2D eigenvalue weighted by atomic mass is 10.5. The number of ether oxygens (including phenoxy) is 2. The van der Waals surface area contributed by atoms with E-state index in [1.807, 2.05) is 17.1 Å². The van der Waals surface area contributed by atoms with Gasteiger partial charge in [-0.2, -0.15) is 3.11 Å². The maximum atomic E-state index is 5.04. The van der Waals surface area contributed by atoms with E-state index in [4.69, 9.17) is 9.47 Å². The molecule has 0 rings (SSSR count). The topological polar surface area (TPSA) is 21.7 Å². The van der Waals surface area contributed by atoms with Crippen LogP contribution in [0.15, 0.2) is 0 Å². The van der Waals surface area contributed by atoms with Crippen LogP contribution in [0.1, 0.15) is 6.92 Å². The maximum absolute atomic E-state index is 5.04. The summed E-state index contributed by atoms with van der Waals surface area (Å²) >= 11 is 2.10. The molecule has 3 nitrogen and oxygen atoms in total. The van der Waals surface area contributed by atoms with E-state index in [0.717, 1.165) is 0 Å². The highest BCUT2D eigenvalue weighted by atomic mass is 127. The van der Waals surface area contributed by atoms with E-state index in [2.05, 4.69) is 22.9 Å². The lowest BCUT2D eigenvalue weighted by Gasteiger charge is -2.30. The molecule has 0 aliphatic heterocycles. The van der Waals surface area contributed by atoms with E-state index >= 15 is 0 Å². The molecule has 0 spiro atoms. The Bertz CT molecular complexity index is 83.0. The summed E-state index contributed by atoms with van der Waals surface area (Å²) in [6.07, 6.45) is 0. The third kappa shape index (κ3) is 2.37. The average Bonchev–Trinajstić information content (AvgIpc) is 1.86. The van der Waals surface area contributed by atoms with Gasteiger partial charge < -0.3 is 9.47 Å². The smallest absolute Gasteiger partial charge is 0.234 e. The molecule has 0 unspecified atom stereocenters. The standard InChI is InChI=1S/C5H12INO2/c1-5(8-3,9-4)7(2)6/h1-4H3. The third-order valence-electron chi connectivity index (χ3n) is 1.32. The lowest BCUT2D eigenvalue weighted by molar-refractivity contribution is -0.241. The van der Waals surface area contributed by atoms with E-state index < -0.39 is 5.91 Å². The van der Waals surface area contributed by atoms with Gasteiger partial charge in [0.05, 0.1) is 0 Å². The van der Waals surface area contributed by atoms with Crippen molar-refractivity contribution in [3.63, 3.8) is 0 Å². The Morgan fingerprint density at radius 1 is 1.33 bits per heavy atom. The first kappa shape index (κ1) is 9.61. The fourth-order valence-electron chi connectivity index (χ4n) is 0.335. The summed E-state index contributed by atoms with van der Waals surface area (Å²) < 4.78 is 11.9. The molecule has 56 valence electrons. The third-order valence-corrected chi connectivity index (χ3v) is 2.19. The Labute approximate surface area is 69.8 Å². The Morgan fingerprint density at radius 3 is 1.67 bits per heavy atom. The van der Waals surface area contributed by atoms with Crippen LogP contribution in [0.5, 0.6) is 0 Å². The van der Waals surface area contributed by atoms with Crippen molar-refractivity contribution in [3.8, 4) is 0 Å². The van der Waals surface area contributed by atoms with Crippen molar-refractivity contribution in [2.24, 2.45) is 0 Å². The first-order valence-electron chi connectivity index (χ1n) is 2.56. The summed E-state index contributed by atoms with van der Waals surface area (Å²) in [7, 11) is 5.10. The van der Waals surface area contributed by atoms with Gasteiger partial charge in [0.25, 0.3) is 0 Å². The van der Waals surface area contributed by atoms with Gasteiger partial charge in [0, 0.05) is 51.1 Å². The van der Waals surface area contributed by atoms with E-state index in [1.54, 1.807) is 14.2 Å². The van der Waals surface area contributed by atoms with Gasteiger partial charge in [0.15, 0.2) is 0 Å². The van der Waals surface area contributed by atoms with Crippen LogP contribution in [-0.2, 0) is 9.47 Å². The highest BCUT2D eigenvalue weighted by Crippen LogP contribution is 2.17. The Kier molecular flexibility index (Phi) is 3.95. The van der Waals surface area contributed by atoms with E-state index in [-0.39, 0.29) is 0 Å². The zero-order valence-electron chi connectivity index (χ0n) is 6.14. The fraction of sp³-hybridized carbons (Fsp3) is 1.00. The predicted octanol–water partition coefficient (Wildman–Crippen LogP) is 1.23. The Morgan fingerprint density at radius 2 is 1.67 bits per heavy atom. The van der Waals surface area contributed by atoms with Gasteiger partial charge in [-0.25, -0.2) is 0 Å². The minimum absolute atomic E-state index is 0.597. The summed E-state index contributed by atoms with van der Waals surface area (Å²) in [5.41, 5.74) is 0. The molecule has 0 aromatic rings. The number of hydrogen-bond acceptors (Lipinski definition) is 3. The number of methoxy groups -OCH3 is 2. The minimum atomic E-state index is -0.597. The summed E-state index contributed by atoms with van der Waals surface area (Å²) in [6, 6.07) is 0. The molecule has 0 N–H and O–H groups in total. The summed E-state index contributed by atoms with van der Waals surface area (Å²) in [5.74, 6) is -0.597. The minimum Gasteiger partial charge on any atom is -0.340 e. The van der Waals surface area contributed by atoms with Crippen LogP contribution in [0.2, 0.25) is 0 Å². The molecule has 0 saturated heterocycles. The van der Waals surface area contributed by atoms with Crippen LogP contribution < -0.4 is 0 Å². The molecule has 0 atom stereocenters. The predicted molar refractivity (Wildman–Crippen MR) is 44.2 cm³/mol. The molecule has 4 heteroatoms. The molecule has 0 heterocycles. The molecule has 0 saturated carbocycles. The molecule has 9 heavy (non-hydrogen) atoms. The molecular formula is C5H12INO2. The number of halogens is 1. The number of hydrogen-bond donors (Lipinski definition) is 0. The van der Waals surface area contributed by atoms with Gasteiger partial charge in [0.2, 0.25) is 5.91 Å². The molecular weight excluding hydrogens is 233 g/mol. The van der Waals surface area contributed by atoms with Crippen LogP contribution >= 0.6 is 22.9 Å². The summed E-state index contributed by atoms with van der Waals surface area (Å²) in [6.45, 7) is 1.85. The van der Waals surface area contributed by atoms with Crippen molar-refractivity contribution in [2.75, 3.05) is 21.3 Å². The largest absolute Gasteiger partial charge is 0.340 e. The molecule has 0 amide bonds. The molecule has 0 aliphatic rings. The number of rotatable bonds is 3. The zero-order valence-corrected chi connectivity index (χ0v) is 8.30. The summed E-state index contributed by atoms with van der Waals surface area (Å²) in [5, 5.41) is 0. The molecule has 0 bridgehead atoms. The zero-order chi connectivity index (χ0) is 7.49. The van der Waals surface area contributed by atoms with Gasteiger partial charge in [0.1, 0.15) is 0 Å². The van der Waals surface area contributed by atoms with Crippen LogP contribution in [0.3, 0.4) is 0 Å². The maximum Gasteiger partial charge on any atom is 0.234 e. The molecule has 0 aromatic carbocycles. The van der Waals surface area contributed by atoms with Crippen molar-refractivity contribution in [1.82, 2.24) is 3.11 Å². The first-order chi connectivity index (χ1) is 4.06. The molecule has 0 fully saturated rings. The van der Waals surface area contributed by atoms with Gasteiger partial charge in [-0.15, -0.1) is 0 Å². The summed E-state index contributed by atoms with van der Waals surface area (Å²) in [4.78, 5) is 0. The second kappa shape index (κ2) is 3.70. The van der Waals surface area contributed by atoms with Crippen LogP contribution in [0, 0.1) is 0 Å². The highest BCUT2D eigenvalue weighted by Gasteiger charge is 2.26. The normalized spacial score (nSPS) is 12.7. The Balaban J connectivity index is 3.92. The molecule has 0 aliphatic carbocycles. The lowest BCUT2D eigenvalue weighted by Crippen LogP contribution is -2.41. The van der Waals surface area contributed by atoms with Crippen molar-refractivity contribution in [1.29, 1.82) is 0 Å². The van der Waals surface area contributed by atoms with Gasteiger partial charge in [-0.1, -0.05) is 0 Å². The highest BCUT2D eigenvalue weighted by molar-refractivity contribution is 14.1. The average molecular weight is 245 g/mol. The van der Waals surface area contributed by atoms with Crippen LogP contribution in [0.25, 0.3) is 0 Å². The van der Waals surface area contributed by atoms with Crippen LogP contribution in [-0.4, -0.2) is 30.3 Å². The Hall–Kier alpha value is 0.610. The van der Waals surface area contributed by atoms with Crippen LogP contribution in [0.4, 0.5) is 0 Å². The second-order valence-corrected chi connectivity index (χ2v) is 3.23. The van der Waals surface area contributed by atoms with Gasteiger partial charge in [-0.3, -0.25) is 0 Å².